The van der Waals surface area contributed by atoms with Gasteiger partial charge in [-0.15, -0.1) is 0 Å². The molecular weight excluding hydrogens is 192 g/mol. The molecular formula is C11H24O2Si. The summed E-state index contributed by atoms with van der Waals surface area (Å²) in [6, 6.07) is 0. The second-order valence-electron chi connectivity index (χ2n) is 5.83. The Morgan fingerprint density at radius 2 is 1.71 bits per heavy atom. The molecule has 0 bridgehead atoms. The molecule has 0 rings (SSSR count). The largest absolute Gasteiger partial charge is 0.519 e. The molecule has 0 atom stereocenters. The highest BCUT2D eigenvalue weighted by atomic mass is 28.4. The van der Waals surface area contributed by atoms with Crippen molar-refractivity contribution in [1.29, 1.82) is 0 Å². The topological polar surface area (TPSA) is 26.3 Å². The van der Waals surface area contributed by atoms with Gasteiger partial charge in [0.15, 0.2) is 0 Å². The zero-order chi connectivity index (χ0) is 11.6. The van der Waals surface area contributed by atoms with Crippen LogP contribution in [0, 0.1) is 5.92 Å². The SMILES string of the molecule is CC(C)CC(=O)O[Si](C)(C)C(C)(C)C. The van der Waals surface area contributed by atoms with Gasteiger partial charge in [-0.1, -0.05) is 34.6 Å². The fraction of sp³-hybridized carbons (Fsp3) is 0.909. The quantitative estimate of drug-likeness (QED) is 0.674. The standard InChI is InChI=1S/C11H24O2Si/c1-9(2)8-10(12)13-14(6,7)11(3,4)5/h9H,8H2,1-7H3. The van der Waals surface area contributed by atoms with Crippen LogP contribution in [0.25, 0.3) is 0 Å². The summed E-state index contributed by atoms with van der Waals surface area (Å²) in [7, 11) is -1.88. The molecule has 14 heavy (non-hydrogen) atoms. The van der Waals surface area contributed by atoms with Gasteiger partial charge in [0.05, 0.1) is 0 Å². The molecule has 0 fully saturated rings. The minimum absolute atomic E-state index is 0.0356. The number of carbonyl (C=O) groups is 1. The van der Waals surface area contributed by atoms with Crippen molar-refractivity contribution in [3.8, 4) is 0 Å². The molecule has 0 aromatic carbocycles. The van der Waals surface area contributed by atoms with Crippen LogP contribution in [0.2, 0.25) is 18.1 Å². The fourth-order valence-electron chi connectivity index (χ4n) is 0.813. The Bertz CT molecular complexity index is 202. The first-order valence-corrected chi connectivity index (χ1v) is 8.19. The van der Waals surface area contributed by atoms with E-state index in [1.807, 2.05) is 13.8 Å². The minimum Gasteiger partial charge on any atom is -0.519 e. The summed E-state index contributed by atoms with van der Waals surface area (Å²) in [5.74, 6) is 0.346. The van der Waals surface area contributed by atoms with Gasteiger partial charge >= 0.3 is 0 Å². The molecule has 0 aliphatic heterocycles. The summed E-state index contributed by atoms with van der Waals surface area (Å²) in [6.45, 7) is 14.7. The highest BCUT2D eigenvalue weighted by Gasteiger charge is 2.40. The van der Waals surface area contributed by atoms with E-state index in [2.05, 4.69) is 33.9 Å². The van der Waals surface area contributed by atoms with Crippen LogP contribution in [-0.4, -0.2) is 14.3 Å². The van der Waals surface area contributed by atoms with E-state index >= 15 is 0 Å². The van der Waals surface area contributed by atoms with Gasteiger partial charge in [0.2, 0.25) is 0 Å². The van der Waals surface area contributed by atoms with E-state index in [1.165, 1.54) is 0 Å². The van der Waals surface area contributed by atoms with Crippen LogP contribution in [0.4, 0.5) is 0 Å². The zero-order valence-electron chi connectivity index (χ0n) is 10.6. The van der Waals surface area contributed by atoms with Crippen molar-refractivity contribution in [3.63, 3.8) is 0 Å². The van der Waals surface area contributed by atoms with Crippen LogP contribution in [0.3, 0.4) is 0 Å². The van der Waals surface area contributed by atoms with Crippen molar-refractivity contribution in [1.82, 2.24) is 0 Å². The summed E-state index contributed by atoms with van der Waals surface area (Å²) < 4.78 is 5.61. The Kier molecular flexibility index (Phi) is 4.37. The fourth-order valence-corrected chi connectivity index (χ4v) is 1.77. The maximum Gasteiger partial charge on any atom is 0.292 e. The molecule has 0 unspecified atom stereocenters. The van der Waals surface area contributed by atoms with Crippen LogP contribution >= 0.6 is 0 Å². The predicted molar refractivity (Wildman–Crippen MR) is 62.7 cm³/mol. The Morgan fingerprint density at radius 1 is 1.29 bits per heavy atom. The van der Waals surface area contributed by atoms with Gasteiger partial charge in [0.1, 0.15) is 0 Å². The molecule has 0 aliphatic carbocycles. The molecule has 3 heteroatoms. The smallest absolute Gasteiger partial charge is 0.292 e. The third kappa shape index (κ3) is 4.27. The monoisotopic (exact) mass is 216 g/mol. The van der Waals surface area contributed by atoms with Crippen LogP contribution in [0.5, 0.6) is 0 Å². The number of hydrogen-bond donors (Lipinski definition) is 0. The summed E-state index contributed by atoms with van der Waals surface area (Å²) in [4.78, 5) is 11.5. The Labute approximate surface area is 89.2 Å². The van der Waals surface area contributed by atoms with E-state index in [4.69, 9.17) is 4.43 Å². The lowest BCUT2D eigenvalue weighted by molar-refractivity contribution is -0.136. The second-order valence-corrected chi connectivity index (χ2v) is 10.6. The third-order valence-corrected chi connectivity index (χ3v) is 7.10. The van der Waals surface area contributed by atoms with Gasteiger partial charge in [-0.3, -0.25) is 4.79 Å². The van der Waals surface area contributed by atoms with E-state index in [0.29, 0.717) is 12.3 Å². The van der Waals surface area contributed by atoms with Crippen molar-refractivity contribution < 1.29 is 9.22 Å². The molecule has 84 valence electrons. The summed E-state index contributed by atoms with van der Waals surface area (Å²) >= 11 is 0. The molecule has 0 aromatic rings. The number of carbonyl (C=O) groups excluding carboxylic acids is 1. The van der Waals surface area contributed by atoms with Gasteiger partial charge in [0.25, 0.3) is 14.3 Å². The maximum absolute atomic E-state index is 11.5. The molecule has 0 aromatic heterocycles. The Hall–Kier alpha value is -0.313. The molecule has 0 radical (unpaired) electrons. The van der Waals surface area contributed by atoms with E-state index < -0.39 is 8.32 Å². The summed E-state index contributed by atoms with van der Waals surface area (Å²) in [5.41, 5.74) is 0. The molecule has 0 amide bonds. The van der Waals surface area contributed by atoms with Crippen molar-refractivity contribution in [2.24, 2.45) is 5.92 Å². The average Bonchev–Trinajstić information content (AvgIpc) is 1.79. The predicted octanol–water partition coefficient (Wildman–Crippen LogP) is 3.58. The van der Waals surface area contributed by atoms with E-state index in [1.54, 1.807) is 0 Å². The van der Waals surface area contributed by atoms with Gasteiger partial charge < -0.3 is 4.43 Å². The lowest BCUT2D eigenvalue weighted by Crippen LogP contribution is -2.42. The lowest BCUT2D eigenvalue weighted by atomic mass is 10.1. The average molecular weight is 216 g/mol. The van der Waals surface area contributed by atoms with Crippen LogP contribution in [0.15, 0.2) is 0 Å². The van der Waals surface area contributed by atoms with E-state index in [9.17, 15) is 4.79 Å². The normalized spacial score (nSPS) is 13.1. The Balaban J connectivity index is 4.30. The molecule has 0 spiro atoms. The van der Waals surface area contributed by atoms with Crippen molar-refractivity contribution >= 4 is 14.3 Å². The first-order valence-electron chi connectivity index (χ1n) is 5.28. The minimum atomic E-state index is -1.88. The van der Waals surface area contributed by atoms with Crippen molar-refractivity contribution in [3.05, 3.63) is 0 Å². The van der Waals surface area contributed by atoms with Gasteiger partial charge in [-0.2, -0.15) is 0 Å². The highest BCUT2D eigenvalue weighted by Crippen LogP contribution is 2.36. The maximum atomic E-state index is 11.5. The van der Waals surface area contributed by atoms with Crippen LogP contribution in [0.1, 0.15) is 41.0 Å². The Morgan fingerprint density at radius 3 is 2.00 bits per heavy atom. The van der Waals surface area contributed by atoms with Crippen LogP contribution < -0.4 is 0 Å². The van der Waals surface area contributed by atoms with E-state index in [-0.39, 0.29) is 11.0 Å². The van der Waals surface area contributed by atoms with Crippen LogP contribution in [-0.2, 0) is 9.22 Å². The third-order valence-electron chi connectivity index (χ3n) is 2.75. The van der Waals surface area contributed by atoms with E-state index in [0.717, 1.165) is 0 Å². The molecule has 0 aliphatic rings. The van der Waals surface area contributed by atoms with Crippen molar-refractivity contribution in [2.75, 3.05) is 0 Å². The lowest BCUT2D eigenvalue weighted by Gasteiger charge is -2.35. The zero-order valence-corrected chi connectivity index (χ0v) is 11.6. The molecule has 2 nitrogen and oxygen atoms in total. The second kappa shape index (κ2) is 4.47. The first-order chi connectivity index (χ1) is 6.06. The number of hydrogen-bond acceptors (Lipinski definition) is 2. The molecule has 0 N–H and O–H groups in total. The number of rotatable bonds is 3. The highest BCUT2D eigenvalue weighted by molar-refractivity contribution is 6.75. The summed E-state index contributed by atoms with van der Waals surface area (Å²) in [6.07, 6.45) is 0.534. The van der Waals surface area contributed by atoms with Gasteiger partial charge in [-0.25, -0.2) is 0 Å². The molecule has 0 saturated carbocycles. The first kappa shape index (κ1) is 13.7. The molecule has 0 saturated heterocycles. The molecule has 0 heterocycles. The van der Waals surface area contributed by atoms with Crippen molar-refractivity contribution in [2.45, 2.75) is 59.2 Å². The van der Waals surface area contributed by atoms with Gasteiger partial charge in [-0.05, 0) is 24.1 Å². The van der Waals surface area contributed by atoms with Gasteiger partial charge in [0, 0.05) is 6.42 Å². The summed E-state index contributed by atoms with van der Waals surface area (Å²) in [5, 5.41) is 0.111.